The Morgan fingerprint density at radius 3 is 2.59 bits per heavy atom. The summed E-state index contributed by atoms with van der Waals surface area (Å²) < 4.78 is 0. The van der Waals surface area contributed by atoms with Crippen molar-refractivity contribution in [2.24, 2.45) is 0 Å². The van der Waals surface area contributed by atoms with E-state index in [4.69, 9.17) is 0 Å². The highest BCUT2D eigenvalue weighted by Gasteiger charge is 2.13. The summed E-state index contributed by atoms with van der Waals surface area (Å²) in [6, 6.07) is 5.58. The molecule has 1 atom stereocenters. The van der Waals surface area contributed by atoms with Gasteiger partial charge in [-0.25, -0.2) is 0 Å². The fraction of sp³-hybridized carbons (Fsp3) is 0.400. The van der Waals surface area contributed by atoms with Crippen LogP contribution in [0.5, 0.6) is 5.75 Å². The highest BCUT2D eigenvalue weighted by molar-refractivity contribution is 5.90. The minimum atomic E-state index is 0.0405. The van der Waals surface area contributed by atoms with Crippen molar-refractivity contribution in [1.29, 1.82) is 0 Å². The van der Waals surface area contributed by atoms with Crippen LogP contribution in [0.4, 0.5) is 0 Å². The smallest absolute Gasteiger partial charge is 0.156 e. The topological polar surface area (TPSA) is 37.3 Å². The number of allylic oxidation sites excluding steroid dienone is 2. The molecule has 92 valence electrons. The summed E-state index contributed by atoms with van der Waals surface area (Å²) in [5, 5.41) is 9.83. The van der Waals surface area contributed by atoms with Crippen molar-refractivity contribution >= 4 is 5.78 Å². The molecule has 0 radical (unpaired) electrons. The Morgan fingerprint density at radius 1 is 1.41 bits per heavy atom. The largest absolute Gasteiger partial charge is 0.508 e. The summed E-state index contributed by atoms with van der Waals surface area (Å²) >= 11 is 0. The van der Waals surface area contributed by atoms with Gasteiger partial charge in [-0.1, -0.05) is 24.6 Å². The molecule has 0 bridgehead atoms. The van der Waals surface area contributed by atoms with Gasteiger partial charge in [0.05, 0.1) is 0 Å². The number of rotatable bonds is 4. The lowest BCUT2D eigenvalue weighted by molar-refractivity contribution is -0.114. The first-order valence-electron chi connectivity index (χ1n) is 5.87. The third-order valence-corrected chi connectivity index (χ3v) is 2.67. The molecule has 0 amide bonds. The van der Waals surface area contributed by atoms with Crippen LogP contribution in [0.1, 0.15) is 44.2 Å². The molecular weight excluding hydrogens is 212 g/mol. The van der Waals surface area contributed by atoms with Crippen molar-refractivity contribution in [2.75, 3.05) is 0 Å². The van der Waals surface area contributed by atoms with Crippen molar-refractivity contribution in [3.8, 4) is 5.75 Å². The van der Waals surface area contributed by atoms with Gasteiger partial charge in [-0.15, -0.1) is 0 Å². The van der Waals surface area contributed by atoms with E-state index in [-0.39, 0.29) is 17.5 Å². The first kappa shape index (κ1) is 13.5. The van der Waals surface area contributed by atoms with E-state index >= 15 is 0 Å². The zero-order valence-electron chi connectivity index (χ0n) is 10.9. The van der Waals surface area contributed by atoms with Gasteiger partial charge >= 0.3 is 0 Å². The predicted molar refractivity (Wildman–Crippen MR) is 70.3 cm³/mol. The third-order valence-electron chi connectivity index (χ3n) is 2.67. The second kappa shape index (κ2) is 5.67. The number of carbonyl (C=O) groups is 1. The van der Waals surface area contributed by atoms with E-state index in [9.17, 15) is 9.90 Å². The lowest BCUT2D eigenvalue weighted by atomic mass is 9.93. The van der Waals surface area contributed by atoms with Crippen LogP contribution in [0.25, 0.3) is 0 Å². The van der Waals surface area contributed by atoms with Gasteiger partial charge in [-0.05, 0) is 50.0 Å². The molecule has 2 heteroatoms. The van der Waals surface area contributed by atoms with Gasteiger partial charge in [0.2, 0.25) is 0 Å². The Balaban J connectivity index is 2.80. The van der Waals surface area contributed by atoms with E-state index in [2.05, 4.69) is 0 Å². The van der Waals surface area contributed by atoms with Gasteiger partial charge < -0.3 is 5.11 Å². The van der Waals surface area contributed by atoms with E-state index in [0.717, 1.165) is 16.7 Å². The molecule has 0 aliphatic carbocycles. The summed E-state index contributed by atoms with van der Waals surface area (Å²) in [7, 11) is 0. The number of phenolic OH excluding ortho intramolecular Hbond substituents is 1. The zero-order chi connectivity index (χ0) is 13.0. The second-order valence-electron chi connectivity index (χ2n) is 4.86. The Labute approximate surface area is 103 Å². The van der Waals surface area contributed by atoms with Gasteiger partial charge in [-0.3, -0.25) is 4.79 Å². The normalized spacial score (nSPS) is 12.0. The first-order valence-corrected chi connectivity index (χ1v) is 5.87. The maximum atomic E-state index is 11.7. The van der Waals surface area contributed by atoms with Crippen molar-refractivity contribution in [3.05, 3.63) is 41.0 Å². The Bertz CT molecular complexity index is 440. The highest BCUT2D eigenvalue weighted by Crippen LogP contribution is 2.28. The Morgan fingerprint density at radius 2 is 2.06 bits per heavy atom. The minimum Gasteiger partial charge on any atom is -0.508 e. The van der Waals surface area contributed by atoms with E-state index in [1.807, 2.05) is 39.8 Å². The van der Waals surface area contributed by atoms with Gasteiger partial charge in [0.15, 0.2) is 5.78 Å². The number of benzene rings is 1. The van der Waals surface area contributed by atoms with Crippen LogP contribution in [-0.4, -0.2) is 10.9 Å². The van der Waals surface area contributed by atoms with E-state index < -0.39 is 0 Å². The number of ketones is 1. The van der Waals surface area contributed by atoms with Crippen molar-refractivity contribution in [1.82, 2.24) is 0 Å². The zero-order valence-corrected chi connectivity index (χ0v) is 10.9. The summed E-state index contributed by atoms with van der Waals surface area (Å²) in [5.41, 5.74) is 2.87. The molecule has 1 aromatic carbocycles. The van der Waals surface area contributed by atoms with Crippen LogP contribution in [0, 0.1) is 6.92 Å². The second-order valence-corrected chi connectivity index (χ2v) is 4.86. The van der Waals surface area contributed by atoms with Crippen LogP contribution < -0.4 is 0 Å². The van der Waals surface area contributed by atoms with Crippen LogP contribution >= 0.6 is 0 Å². The van der Waals surface area contributed by atoms with E-state index in [1.165, 1.54) is 0 Å². The number of aryl methyl sites for hydroxylation is 1. The molecule has 1 rings (SSSR count). The number of carbonyl (C=O) groups excluding carboxylic acids is 1. The molecule has 2 nitrogen and oxygen atoms in total. The number of aromatic hydroxyl groups is 1. The standard InChI is InChI=1S/C15H20O2/c1-10(2)7-13(16)9-12(4)14-6-5-11(3)8-15(14)17/h5-8,12,17H,9H2,1-4H3. The van der Waals surface area contributed by atoms with Crippen LogP contribution in [0.3, 0.4) is 0 Å². The lowest BCUT2D eigenvalue weighted by Crippen LogP contribution is -2.02. The van der Waals surface area contributed by atoms with Gasteiger partial charge in [0.25, 0.3) is 0 Å². The van der Waals surface area contributed by atoms with Gasteiger partial charge in [-0.2, -0.15) is 0 Å². The molecule has 0 fully saturated rings. The van der Waals surface area contributed by atoms with Crippen LogP contribution in [0.2, 0.25) is 0 Å². The van der Waals surface area contributed by atoms with Crippen molar-refractivity contribution in [2.45, 2.75) is 40.0 Å². The fourth-order valence-corrected chi connectivity index (χ4v) is 1.86. The fourth-order valence-electron chi connectivity index (χ4n) is 1.86. The summed E-state index contributed by atoms with van der Waals surface area (Å²) in [4.78, 5) is 11.7. The maximum Gasteiger partial charge on any atom is 0.156 e. The van der Waals surface area contributed by atoms with Gasteiger partial charge in [0.1, 0.15) is 5.75 Å². The highest BCUT2D eigenvalue weighted by atomic mass is 16.3. The Kier molecular flexibility index (Phi) is 4.50. The predicted octanol–water partition coefficient (Wildman–Crippen LogP) is 3.73. The molecule has 1 N–H and O–H groups in total. The molecule has 0 spiro atoms. The summed E-state index contributed by atoms with van der Waals surface area (Å²) in [5.74, 6) is 0.429. The molecule has 0 heterocycles. The average molecular weight is 232 g/mol. The molecule has 1 unspecified atom stereocenters. The van der Waals surface area contributed by atoms with E-state index in [0.29, 0.717) is 6.42 Å². The monoisotopic (exact) mass is 232 g/mol. The molecule has 1 aromatic rings. The molecule has 17 heavy (non-hydrogen) atoms. The number of hydrogen-bond donors (Lipinski definition) is 1. The minimum absolute atomic E-state index is 0.0405. The third kappa shape index (κ3) is 4.06. The van der Waals surface area contributed by atoms with E-state index in [1.54, 1.807) is 12.1 Å². The van der Waals surface area contributed by atoms with Crippen molar-refractivity contribution < 1.29 is 9.90 Å². The SMILES string of the molecule is CC(C)=CC(=O)CC(C)c1ccc(C)cc1O. The maximum absolute atomic E-state index is 11.7. The molecule has 0 aliphatic rings. The number of hydrogen-bond acceptors (Lipinski definition) is 2. The van der Waals surface area contributed by atoms with Crippen LogP contribution in [0.15, 0.2) is 29.8 Å². The molecule has 0 saturated carbocycles. The molecular formula is C15H20O2. The quantitative estimate of drug-likeness (QED) is 0.803. The number of phenols is 1. The molecule has 0 saturated heterocycles. The summed E-state index contributed by atoms with van der Waals surface area (Å²) in [6.07, 6.45) is 2.09. The average Bonchev–Trinajstić information content (AvgIpc) is 2.15. The van der Waals surface area contributed by atoms with Crippen LogP contribution in [-0.2, 0) is 4.79 Å². The first-order chi connectivity index (χ1) is 7.90. The Hall–Kier alpha value is -1.57. The molecule has 0 aliphatic heterocycles. The molecule has 0 aromatic heterocycles. The van der Waals surface area contributed by atoms with Crippen molar-refractivity contribution in [3.63, 3.8) is 0 Å². The van der Waals surface area contributed by atoms with Gasteiger partial charge in [0, 0.05) is 6.42 Å². The summed E-state index contributed by atoms with van der Waals surface area (Å²) in [6.45, 7) is 7.71. The lowest BCUT2D eigenvalue weighted by Gasteiger charge is -2.12.